The Kier molecular flexibility index (Phi) is 5.49. The fraction of sp³-hybridized carbons (Fsp3) is 0.429. The molecule has 1 rings (SSSR count). The van der Waals surface area contributed by atoms with Crippen LogP contribution in [0.4, 0.5) is 9.18 Å². The van der Waals surface area contributed by atoms with Crippen molar-refractivity contribution in [2.75, 3.05) is 0 Å². The average Bonchev–Trinajstić information content (AvgIpc) is 2.39. The van der Waals surface area contributed by atoms with E-state index in [0.717, 1.165) is 5.56 Å². The predicted molar refractivity (Wildman–Crippen MR) is 73.0 cm³/mol. The van der Waals surface area contributed by atoms with Crippen LogP contribution in [0.25, 0.3) is 0 Å². The molecular weight excluding hydrogens is 263 g/mol. The van der Waals surface area contributed by atoms with Crippen LogP contribution in [0.5, 0.6) is 0 Å². The van der Waals surface area contributed by atoms with Gasteiger partial charge in [-0.05, 0) is 37.0 Å². The highest BCUT2D eigenvalue weighted by Gasteiger charge is 2.17. The highest BCUT2D eigenvalue weighted by atomic mass is 19.1. The van der Waals surface area contributed by atoms with E-state index in [2.05, 4.69) is 10.6 Å². The topological polar surface area (TPSA) is 78.4 Å². The Balaban J connectivity index is 2.59. The maximum Gasteiger partial charge on any atom is 0.326 e. The second-order valence-corrected chi connectivity index (χ2v) is 4.67. The van der Waals surface area contributed by atoms with Crippen molar-refractivity contribution in [2.45, 2.75) is 39.8 Å². The summed E-state index contributed by atoms with van der Waals surface area (Å²) in [5, 5.41) is 13.7. The van der Waals surface area contributed by atoms with E-state index in [-0.39, 0.29) is 12.4 Å². The van der Waals surface area contributed by atoms with E-state index in [1.54, 1.807) is 32.9 Å². The number of carbonyl (C=O) groups is 2. The maximum absolute atomic E-state index is 13.5. The van der Waals surface area contributed by atoms with Gasteiger partial charge in [0, 0.05) is 6.54 Å². The minimum atomic E-state index is -1.07. The van der Waals surface area contributed by atoms with Gasteiger partial charge in [0.15, 0.2) is 0 Å². The van der Waals surface area contributed by atoms with Gasteiger partial charge in [0.2, 0.25) is 0 Å². The van der Waals surface area contributed by atoms with Gasteiger partial charge in [-0.1, -0.05) is 19.1 Å². The molecule has 2 amide bonds. The molecule has 3 N–H and O–H groups in total. The van der Waals surface area contributed by atoms with Crippen LogP contribution in [0, 0.1) is 19.7 Å². The molecular formula is C14H19FN2O3. The molecule has 0 fully saturated rings. The lowest BCUT2D eigenvalue weighted by Crippen LogP contribution is -2.45. The monoisotopic (exact) mass is 282 g/mol. The lowest BCUT2D eigenvalue weighted by atomic mass is 10.1. The van der Waals surface area contributed by atoms with Gasteiger partial charge in [-0.25, -0.2) is 14.0 Å². The standard InChI is InChI=1S/C14H19FN2O3/c1-4-11(13(18)19)17-14(20)16-7-10-5-8(2)12(15)9(3)6-10/h5-6,11H,4,7H2,1-3H3,(H,18,19)(H2,16,17,20). The number of aliphatic carboxylic acids is 1. The van der Waals surface area contributed by atoms with Gasteiger partial charge >= 0.3 is 12.0 Å². The third-order valence-electron chi connectivity index (χ3n) is 2.96. The van der Waals surface area contributed by atoms with Crippen LogP contribution in [0.2, 0.25) is 0 Å². The number of urea groups is 1. The highest BCUT2D eigenvalue weighted by Crippen LogP contribution is 2.14. The molecule has 1 atom stereocenters. The molecule has 110 valence electrons. The summed E-state index contributed by atoms with van der Waals surface area (Å²) in [6, 6.07) is 1.83. The van der Waals surface area contributed by atoms with Crippen molar-refractivity contribution in [1.82, 2.24) is 10.6 Å². The average molecular weight is 282 g/mol. The van der Waals surface area contributed by atoms with Crippen molar-refractivity contribution < 1.29 is 19.1 Å². The summed E-state index contributed by atoms with van der Waals surface area (Å²) in [6.07, 6.45) is 0.303. The summed E-state index contributed by atoms with van der Waals surface area (Å²) in [5.74, 6) is -1.33. The lowest BCUT2D eigenvalue weighted by molar-refractivity contribution is -0.139. The van der Waals surface area contributed by atoms with E-state index in [9.17, 15) is 14.0 Å². The Bertz CT molecular complexity index is 494. The summed E-state index contributed by atoms with van der Waals surface area (Å²) in [7, 11) is 0. The van der Waals surface area contributed by atoms with Crippen LogP contribution in [0.1, 0.15) is 30.0 Å². The number of halogens is 1. The van der Waals surface area contributed by atoms with E-state index >= 15 is 0 Å². The molecule has 0 bridgehead atoms. The number of nitrogens with one attached hydrogen (secondary N) is 2. The number of hydrogen-bond acceptors (Lipinski definition) is 2. The van der Waals surface area contributed by atoms with Gasteiger partial charge in [0.05, 0.1) is 0 Å². The molecule has 20 heavy (non-hydrogen) atoms. The van der Waals surface area contributed by atoms with Crippen LogP contribution in [0.15, 0.2) is 12.1 Å². The van der Waals surface area contributed by atoms with E-state index in [0.29, 0.717) is 17.5 Å². The third kappa shape index (κ3) is 4.22. The first-order chi connectivity index (χ1) is 9.35. The molecule has 0 aliphatic heterocycles. The molecule has 0 aliphatic rings. The fourth-order valence-corrected chi connectivity index (χ4v) is 1.87. The molecule has 0 saturated heterocycles. The first-order valence-electron chi connectivity index (χ1n) is 6.38. The van der Waals surface area contributed by atoms with Gasteiger partial charge in [-0.15, -0.1) is 0 Å². The van der Waals surface area contributed by atoms with Crippen molar-refractivity contribution in [1.29, 1.82) is 0 Å². The summed E-state index contributed by atoms with van der Waals surface area (Å²) >= 11 is 0. The van der Waals surface area contributed by atoms with Crippen LogP contribution in [-0.2, 0) is 11.3 Å². The molecule has 1 aromatic carbocycles. The molecule has 0 heterocycles. The number of benzene rings is 1. The maximum atomic E-state index is 13.5. The van der Waals surface area contributed by atoms with E-state index in [1.807, 2.05) is 0 Å². The Morgan fingerprint density at radius 1 is 1.30 bits per heavy atom. The van der Waals surface area contributed by atoms with Gasteiger partial charge in [-0.3, -0.25) is 0 Å². The molecule has 0 radical (unpaired) electrons. The molecule has 0 saturated carbocycles. The zero-order chi connectivity index (χ0) is 15.3. The van der Waals surface area contributed by atoms with Crippen LogP contribution >= 0.6 is 0 Å². The Morgan fingerprint density at radius 3 is 2.30 bits per heavy atom. The molecule has 0 aliphatic carbocycles. The van der Waals surface area contributed by atoms with Gasteiger partial charge in [0.1, 0.15) is 11.9 Å². The Labute approximate surface area is 117 Å². The molecule has 0 spiro atoms. The summed E-state index contributed by atoms with van der Waals surface area (Å²) in [5.41, 5.74) is 1.79. The predicted octanol–water partition coefficient (Wildman–Crippen LogP) is 2.10. The second-order valence-electron chi connectivity index (χ2n) is 4.67. The summed E-state index contributed by atoms with van der Waals surface area (Å²) in [4.78, 5) is 22.4. The first-order valence-corrected chi connectivity index (χ1v) is 6.38. The van der Waals surface area contributed by atoms with Crippen molar-refractivity contribution in [3.63, 3.8) is 0 Å². The first kappa shape index (κ1) is 15.9. The van der Waals surface area contributed by atoms with Crippen molar-refractivity contribution in [2.24, 2.45) is 0 Å². The molecule has 1 unspecified atom stereocenters. The van der Waals surface area contributed by atoms with Gasteiger partial charge in [0.25, 0.3) is 0 Å². The van der Waals surface area contributed by atoms with E-state index in [4.69, 9.17) is 5.11 Å². The Morgan fingerprint density at radius 2 is 1.85 bits per heavy atom. The Hall–Kier alpha value is -2.11. The zero-order valence-corrected chi connectivity index (χ0v) is 11.8. The second kappa shape index (κ2) is 6.88. The van der Waals surface area contributed by atoms with Crippen molar-refractivity contribution in [3.05, 3.63) is 34.6 Å². The number of hydrogen-bond donors (Lipinski definition) is 3. The van der Waals surface area contributed by atoms with Crippen LogP contribution in [-0.4, -0.2) is 23.1 Å². The number of rotatable bonds is 5. The summed E-state index contributed by atoms with van der Waals surface area (Å²) < 4.78 is 13.5. The number of aryl methyl sites for hydroxylation is 2. The SMILES string of the molecule is CCC(NC(=O)NCc1cc(C)c(F)c(C)c1)C(=O)O. The molecule has 5 nitrogen and oxygen atoms in total. The van der Waals surface area contributed by atoms with E-state index in [1.165, 1.54) is 0 Å². The third-order valence-corrected chi connectivity index (χ3v) is 2.96. The smallest absolute Gasteiger partial charge is 0.326 e. The minimum Gasteiger partial charge on any atom is -0.480 e. The summed E-state index contributed by atoms with van der Waals surface area (Å²) in [6.45, 7) is 5.20. The number of carbonyl (C=O) groups excluding carboxylic acids is 1. The molecule has 0 aromatic heterocycles. The quantitative estimate of drug-likeness (QED) is 0.774. The van der Waals surface area contributed by atoms with Crippen LogP contribution < -0.4 is 10.6 Å². The molecule has 1 aromatic rings. The van der Waals surface area contributed by atoms with E-state index < -0.39 is 18.0 Å². The van der Waals surface area contributed by atoms with Crippen LogP contribution in [0.3, 0.4) is 0 Å². The number of carboxylic acids is 1. The van der Waals surface area contributed by atoms with Crippen molar-refractivity contribution in [3.8, 4) is 0 Å². The number of amides is 2. The fourth-order valence-electron chi connectivity index (χ4n) is 1.87. The zero-order valence-electron chi connectivity index (χ0n) is 11.8. The van der Waals surface area contributed by atoms with Crippen molar-refractivity contribution >= 4 is 12.0 Å². The lowest BCUT2D eigenvalue weighted by Gasteiger charge is -2.13. The normalized spacial score (nSPS) is 11.8. The highest BCUT2D eigenvalue weighted by molar-refractivity contribution is 5.82. The number of carboxylic acid groups (broad SMARTS) is 1. The largest absolute Gasteiger partial charge is 0.480 e. The minimum absolute atomic E-state index is 0.212. The van der Waals surface area contributed by atoms with Gasteiger partial charge < -0.3 is 15.7 Å². The van der Waals surface area contributed by atoms with Gasteiger partial charge in [-0.2, -0.15) is 0 Å². The molecule has 6 heteroatoms.